The minimum atomic E-state index is 0.622. The maximum atomic E-state index is 5.39. The minimum absolute atomic E-state index is 0.622. The van der Waals surface area contributed by atoms with Crippen molar-refractivity contribution in [3.8, 4) is 17.1 Å². The van der Waals surface area contributed by atoms with Gasteiger partial charge in [0, 0.05) is 18.7 Å². The molecule has 1 fully saturated rings. The van der Waals surface area contributed by atoms with E-state index >= 15 is 0 Å². The first-order chi connectivity index (χ1) is 11.7. The van der Waals surface area contributed by atoms with Crippen LogP contribution in [0.15, 0.2) is 28.8 Å². The molecule has 0 saturated carbocycles. The maximum Gasteiger partial charge on any atom is 0.241 e. The molecule has 0 amide bonds. The summed E-state index contributed by atoms with van der Waals surface area (Å²) in [5.41, 5.74) is 0.932. The van der Waals surface area contributed by atoms with Gasteiger partial charge in [-0.3, -0.25) is 4.90 Å². The second-order valence-corrected chi connectivity index (χ2v) is 6.38. The number of ether oxygens (including phenoxy) is 1. The molecule has 0 bridgehead atoms. The van der Waals surface area contributed by atoms with Gasteiger partial charge in [-0.15, -0.1) is 0 Å². The second kappa shape index (κ2) is 8.26. The highest BCUT2D eigenvalue weighted by molar-refractivity contribution is 5.55. The van der Waals surface area contributed by atoms with Crippen LogP contribution in [0, 0.1) is 0 Å². The van der Waals surface area contributed by atoms with Gasteiger partial charge in [-0.25, -0.2) is 0 Å². The van der Waals surface area contributed by atoms with Crippen molar-refractivity contribution in [3.05, 3.63) is 30.2 Å². The van der Waals surface area contributed by atoms with Crippen LogP contribution in [-0.2, 0) is 6.54 Å². The Hall–Kier alpha value is -1.92. The first-order valence-electron chi connectivity index (χ1n) is 8.62. The molecule has 0 aliphatic carbocycles. The summed E-state index contributed by atoms with van der Waals surface area (Å²) in [6.07, 6.45) is 4.04. The zero-order valence-corrected chi connectivity index (χ0v) is 14.6. The predicted molar refractivity (Wildman–Crippen MR) is 92.9 cm³/mol. The lowest BCUT2D eigenvalue weighted by molar-refractivity contribution is 0.185. The number of piperidine rings is 1. The molecule has 1 aromatic carbocycles. The lowest BCUT2D eigenvalue weighted by Crippen LogP contribution is -2.36. The van der Waals surface area contributed by atoms with Crippen LogP contribution in [0.25, 0.3) is 11.4 Å². The van der Waals surface area contributed by atoms with Gasteiger partial charge in [0.05, 0.1) is 13.7 Å². The quantitative estimate of drug-likeness (QED) is 0.778. The molecule has 1 saturated heterocycles. The molecule has 2 heterocycles. The van der Waals surface area contributed by atoms with E-state index in [1.54, 1.807) is 7.11 Å². The Morgan fingerprint density at radius 3 is 2.62 bits per heavy atom. The van der Waals surface area contributed by atoms with Crippen LogP contribution in [-0.4, -0.2) is 60.3 Å². The van der Waals surface area contributed by atoms with E-state index in [1.165, 1.54) is 32.4 Å². The van der Waals surface area contributed by atoms with E-state index in [2.05, 4.69) is 27.0 Å². The van der Waals surface area contributed by atoms with Crippen molar-refractivity contribution in [2.75, 3.05) is 40.3 Å². The fraction of sp³-hybridized carbons (Fsp3) is 0.556. The molecule has 0 spiro atoms. The van der Waals surface area contributed by atoms with Crippen LogP contribution in [0.5, 0.6) is 5.75 Å². The van der Waals surface area contributed by atoms with Crippen molar-refractivity contribution in [2.24, 2.45) is 0 Å². The van der Waals surface area contributed by atoms with Crippen LogP contribution < -0.4 is 4.74 Å². The molecule has 2 aromatic rings. The van der Waals surface area contributed by atoms with Crippen LogP contribution in [0.2, 0.25) is 0 Å². The minimum Gasteiger partial charge on any atom is -0.497 e. The summed E-state index contributed by atoms with van der Waals surface area (Å²) in [4.78, 5) is 9.27. The largest absolute Gasteiger partial charge is 0.497 e. The molecule has 0 radical (unpaired) electrons. The molecule has 6 nitrogen and oxygen atoms in total. The van der Waals surface area contributed by atoms with E-state index in [0.29, 0.717) is 18.3 Å². The fourth-order valence-corrected chi connectivity index (χ4v) is 2.98. The zero-order valence-electron chi connectivity index (χ0n) is 14.6. The zero-order chi connectivity index (χ0) is 16.8. The molecular weight excluding hydrogens is 304 g/mol. The average Bonchev–Trinajstić information content (AvgIpc) is 3.09. The summed E-state index contributed by atoms with van der Waals surface area (Å²) in [6, 6.07) is 7.67. The summed E-state index contributed by atoms with van der Waals surface area (Å²) in [7, 11) is 3.75. The number of nitrogens with zero attached hydrogens (tertiary/aromatic N) is 4. The predicted octanol–water partition coefficient (Wildman–Crippen LogP) is 2.66. The van der Waals surface area contributed by atoms with E-state index in [0.717, 1.165) is 24.4 Å². The van der Waals surface area contributed by atoms with Gasteiger partial charge in [-0.2, -0.15) is 4.98 Å². The Morgan fingerprint density at radius 2 is 1.92 bits per heavy atom. The van der Waals surface area contributed by atoms with Crippen LogP contribution in [0.1, 0.15) is 25.2 Å². The highest BCUT2D eigenvalue weighted by Gasteiger charge is 2.13. The van der Waals surface area contributed by atoms with Crippen molar-refractivity contribution >= 4 is 0 Å². The highest BCUT2D eigenvalue weighted by atomic mass is 16.5. The number of methoxy groups -OCH3 is 1. The van der Waals surface area contributed by atoms with Crippen molar-refractivity contribution < 1.29 is 9.26 Å². The Bertz CT molecular complexity index is 620. The Kier molecular flexibility index (Phi) is 5.82. The van der Waals surface area contributed by atoms with E-state index in [-0.39, 0.29) is 0 Å². The summed E-state index contributed by atoms with van der Waals surface area (Å²) in [5, 5.41) is 4.08. The molecule has 1 aromatic heterocycles. The molecule has 24 heavy (non-hydrogen) atoms. The number of likely N-dealkylation sites (tertiary alicyclic amines) is 1. The third-order valence-electron chi connectivity index (χ3n) is 4.47. The summed E-state index contributed by atoms with van der Waals surface area (Å²) < 4.78 is 10.6. The lowest BCUT2D eigenvalue weighted by Gasteiger charge is -2.28. The van der Waals surface area contributed by atoms with Gasteiger partial charge in [0.15, 0.2) is 0 Å². The smallest absolute Gasteiger partial charge is 0.241 e. The summed E-state index contributed by atoms with van der Waals surface area (Å²) in [6.45, 7) is 5.26. The molecule has 1 aliphatic rings. The van der Waals surface area contributed by atoms with Gasteiger partial charge in [-0.05, 0) is 57.2 Å². The van der Waals surface area contributed by atoms with Crippen LogP contribution >= 0.6 is 0 Å². The van der Waals surface area contributed by atoms with E-state index in [1.807, 2.05) is 24.3 Å². The number of benzene rings is 1. The standard InChI is InChI=1S/C18H26N4O2/c1-21(12-13-22-10-4-3-5-11-22)14-17-19-18(20-24-17)15-6-8-16(23-2)9-7-15/h6-9H,3-5,10-14H2,1-2H3. The van der Waals surface area contributed by atoms with Gasteiger partial charge in [0.1, 0.15) is 5.75 Å². The van der Waals surface area contributed by atoms with Gasteiger partial charge in [-0.1, -0.05) is 11.6 Å². The molecule has 6 heteroatoms. The molecule has 0 N–H and O–H groups in total. The second-order valence-electron chi connectivity index (χ2n) is 6.38. The highest BCUT2D eigenvalue weighted by Crippen LogP contribution is 2.20. The third kappa shape index (κ3) is 4.55. The molecular formula is C18H26N4O2. The van der Waals surface area contributed by atoms with Crippen molar-refractivity contribution in [2.45, 2.75) is 25.8 Å². The Morgan fingerprint density at radius 1 is 1.17 bits per heavy atom. The number of hydrogen-bond donors (Lipinski definition) is 0. The molecule has 130 valence electrons. The first-order valence-corrected chi connectivity index (χ1v) is 8.62. The number of hydrogen-bond acceptors (Lipinski definition) is 6. The monoisotopic (exact) mass is 330 g/mol. The lowest BCUT2D eigenvalue weighted by atomic mass is 10.1. The molecule has 3 rings (SSSR count). The van der Waals surface area contributed by atoms with Gasteiger partial charge < -0.3 is 14.2 Å². The Balaban J connectivity index is 1.51. The fourth-order valence-electron chi connectivity index (χ4n) is 2.98. The van der Waals surface area contributed by atoms with Crippen molar-refractivity contribution in [1.82, 2.24) is 19.9 Å². The SMILES string of the molecule is COc1ccc(-c2noc(CN(C)CCN3CCCCC3)n2)cc1. The van der Waals surface area contributed by atoms with E-state index in [4.69, 9.17) is 9.26 Å². The number of likely N-dealkylation sites (N-methyl/N-ethyl adjacent to an activating group) is 1. The van der Waals surface area contributed by atoms with Crippen molar-refractivity contribution in [3.63, 3.8) is 0 Å². The summed E-state index contributed by atoms with van der Waals surface area (Å²) in [5.74, 6) is 2.10. The van der Waals surface area contributed by atoms with Gasteiger partial charge in [0.25, 0.3) is 0 Å². The normalized spacial score (nSPS) is 15.8. The van der Waals surface area contributed by atoms with Crippen LogP contribution in [0.3, 0.4) is 0 Å². The Labute approximate surface area is 143 Å². The summed E-state index contributed by atoms with van der Waals surface area (Å²) >= 11 is 0. The maximum absolute atomic E-state index is 5.39. The topological polar surface area (TPSA) is 54.6 Å². The van der Waals surface area contributed by atoms with E-state index < -0.39 is 0 Å². The van der Waals surface area contributed by atoms with E-state index in [9.17, 15) is 0 Å². The first kappa shape index (κ1) is 16.9. The van der Waals surface area contributed by atoms with Gasteiger partial charge in [0.2, 0.25) is 11.7 Å². The third-order valence-corrected chi connectivity index (χ3v) is 4.47. The molecule has 0 atom stereocenters. The number of rotatable bonds is 7. The van der Waals surface area contributed by atoms with Crippen LogP contribution in [0.4, 0.5) is 0 Å². The van der Waals surface area contributed by atoms with Gasteiger partial charge >= 0.3 is 0 Å². The van der Waals surface area contributed by atoms with Crippen molar-refractivity contribution in [1.29, 1.82) is 0 Å². The average molecular weight is 330 g/mol. The molecule has 1 aliphatic heterocycles. The number of aromatic nitrogens is 2. The molecule has 0 unspecified atom stereocenters.